The Balaban J connectivity index is 2.20. The lowest BCUT2D eigenvalue weighted by molar-refractivity contribution is 0.269. The van der Waals surface area contributed by atoms with E-state index < -0.39 is 0 Å². The van der Waals surface area contributed by atoms with Gasteiger partial charge in [0, 0.05) is 12.6 Å². The van der Waals surface area contributed by atoms with Crippen molar-refractivity contribution in [1.82, 2.24) is 10.2 Å². The fourth-order valence-corrected chi connectivity index (χ4v) is 1.80. The van der Waals surface area contributed by atoms with Crippen LogP contribution >= 0.6 is 11.6 Å². The maximum Gasteiger partial charge on any atom is 0.141 e. The van der Waals surface area contributed by atoms with Crippen LogP contribution in [0.3, 0.4) is 0 Å². The fourth-order valence-electron chi connectivity index (χ4n) is 1.59. The summed E-state index contributed by atoms with van der Waals surface area (Å²) in [4.78, 5) is 2.32. The van der Waals surface area contributed by atoms with E-state index >= 15 is 0 Å². The van der Waals surface area contributed by atoms with Crippen molar-refractivity contribution in [2.75, 3.05) is 20.1 Å². The van der Waals surface area contributed by atoms with Gasteiger partial charge in [-0.2, -0.15) is 0 Å². The Kier molecular flexibility index (Phi) is 6.61. The molecule has 0 atom stereocenters. The molecular weight excluding hydrogens is 251 g/mol. The second-order valence-corrected chi connectivity index (χ2v) is 5.26. The van der Waals surface area contributed by atoms with Crippen molar-refractivity contribution in [3.63, 3.8) is 0 Å². The van der Waals surface area contributed by atoms with E-state index in [1.165, 1.54) is 6.07 Å². The molecule has 102 valence electrons. The van der Waals surface area contributed by atoms with E-state index in [0.29, 0.717) is 6.04 Å². The molecule has 0 fully saturated rings. The first-order valence-electron chi connectivity index (χ1n) is 6.35. The zero-order valence-corrected chi connectivity index (χ0v) is 12.1. The molecule has 0 saturated carbocycles. The van der Waals surface area contributed by atoms with Crippen molar-refractivity contribution in [3.8, 4) is 0 Å². The largest absolute Gasteiger partial charge is 0.313 e. The van der Waals surface area contributed by atoms with Gasteiger partial charge >= 0.3 is 0 Å². The van der Waals surface area contributed by atoms with E-state index in [-0.39, 0.29) is 10.8 Å². The summed E-state index contributed by atoms with van der Waals surface area (Å²) in [5.74, 6) is -0.362. The summed E-state index contributed by atoms with van der Waals surface area (Å²) < 4.78 is 12.9. The van der Waals surface area contributed by atoms with Crippen molar-refractivity contribution in [2.24, 2.45) is 0 Å². The average molecular weight is 273 g/mol. The van der Waals surface area contributed by atoms with Crippen LogP contribution in [-0.2, 0) is 6.54 Å². The monoisotopic (exact) mass is 272 g/mol. The van der Waals surface area contributed by atoms with Crippen LogP contribution in [0.2, 0.25) is 5.02 Å². The summed E-state index contributed by atoms with van der Waals surface area (Å²) in [5.41, 5.74) is 1.01. The first-order chi connectivity index (χ1) is 8.50. The SMILES string of the molecule is CC(C)N(C)CCCNCc1ccc(F)c(Cl)c1. The molecule has 0 heterocycles. The van der Waals surface area contributed by atoms with E-state index in [1.54, 1.807) is 12.1 Å². The van der Waals surface area contributed by atoms with Gasteiger partial charge in [-0.15, -0.1) is 0 Å². The smallest absolute Gasteiger partial charge is 0.141 e. The quantitative estimate of drug-likeness (QED) is 0.766. The molecule has 0 spiro atoms. The summed E-state index contributed by atoms with van der Waals surface area (Å²) in [7, 11) is 2.13. The van der Waals surface area contributed by atoms with Gasteiger partial charge in [-0.1, -0.05) is 17.7 Å². The molecule has 18 heavy (non-hydrogen) atoms. The van der Waals surface area contributed by atoms with Gasteiger partial charge in [-0.3, -0.25) is 0 Å². The summed E-state index contributed by atoms with van der Waals surface area (Å²) in [6, 6.07) is 5.42. The molecule has 0 unspecified atom stereocenters. The minimum atomic E-state index is -0.362. The van der Waals surface area contributed by atoms with Crippen LogP contribution in [0, 0.1) is 5.82 Å². The van der Waals surface area contributed by atoms with Crippen molar-refractivity contribution in [3.05, 3.63) is 34.6 Å². The molecule has 4 heteroatoms. The van der Waals surface area contributed by atoms with Crippen LogP contribution in [0.5, 0.6) is 0 Å². The maximum atomic E-state index is 12.9. The molecule has 0 amide bonds. The number of nitrogens with zero attached hydrogens (tertiary/aromatic N) is 1. The molecule has 0 bridgehead atoms. The first-order valence-corrected chi connectivity index (χ1v) is 6.73. The van der Waals surface area contributed by atoms with Gasteiger partial charge in [-0.25, -0.2) is 4.39 Å². The van der Waals surface area contributed by atoms with Gasteiger partial charge in [0.05, 0.1) is 5.02 Å². The second-order valence-electron chi connectivity index (χ2n) is 4.85. The van der Waals surface area contributed by atoms with Crippen molar-refractivity contribution >= 4 is 11.6 Å². The second kappa shape index (κ2) is 7.72. The van der Waals surface area contributed by atoms with Crippen molar-refractivity contribution in [2.45, 2.75) is 32.9 Å². The molecule has 0 radical (unpaired) electrons. The number of halogens is 2. The standard InChI is InChI=1S/C14H22ClFN2/c1-11(2)18(3)8-4-7-17-10-12-5-6-14(16)13(15)9-12/h5-6,9,11,17H,4,7-8,10H2,1-3H3. The molecule has 0 aliphatic carbocycles. The summed E-state index contributed by atoms with van der Waals surface area (Å²) in [6.07, 6.45) is 1.10. The number of hydrogen-bond acceptors (Lipinski definition) is 2. The molecule has 1 rings (SSSR count). The molecule has 2 nitrogen and oxygen atoms in total. The third kappa shape index (κ3) is 5.34. The van der Waals surface area contributed by atoms with Crippen LogP contribution < -0.4 is 5.32 Å². The fraction of sp³-hybridized carbons (Fsp3) is 0.571. The van der Waals surface area contributed by atoms with Gasteiger partial charge in [0.25, 0.3) is 0 Å². The van der Waals surface area contributed by atoms with Crippen LogP contribution in [0.25, 0.3) is 0 Å². The predicted molar refractivity (Wildman–Crippen MR) is 75.5 cm³/mol. The Hall–Kier alpha value is -0.640. The first kappa shape index (κ1) is 15.4. The summed E-state index contributed by atoms with van der Waals surface area (Å²) in [6.45, 7) is 7.13. The highest BCUT2D eigenvalue weighted by molar-refractivity contribution is 6.30. The molecule has 0 aliphatic rings. The molecule has 0 aromatic heterocycles. The van der Waals surface area contributed by atoms with Gasteiger partial charge in [0.1, 0.15) is 5.82 Å². The van der Waals surface area contributed by atoms with E-state index in [4.69, 9.17) is 11.6 Å². The Morgan fingerprint density at radius 2 is 2.11 bits per heavy atom. The predicted octanol–water partition coefficient (Wildman–Crippen LogP) is 3.30. The van der Waals surface area contributed by atoms with Gasteiger partial charge < -0.3 is 10.2 Å². The zero-order valence-electron chi connectivity index (χ0n) is 11.3. The molecule has 1 N–H and O–H groups in total. The Morgan fingerprint density at radius 1 is 1.39 bits per heavy atom. The molecular formula is C14H22ClFN2. The minimum absolute atomic E-state index is 0.189. The maximum absolute atomic E-state index is 12.9. The Labute approximate surface area is 114 Å². The lowest BCUT2D eigenvalue weighted by atomic mass is 10.2. The van der Waals surface area contributed by atoms with E-state index in [2.05, 4.69) is 31.1 Å². The molecule has 1 aromatic rings. The minimum Gasteiger partial charge on any atom is -0.313 e. The number of hydrogen-bond donors (Lipinski definition) is 1. The third-order valence-corrected chi connectivity index (χ3v) is 3.35. The highest BCUT2D eigenvalue weighted by atomic mass is 35.5. The van der Waals surface area contributed by atoms with E-state index in [9.17, 15) is 4.39 Å². The third-order valence-electron chi connectivity index (χ3n) is 3.06. The summed E-state index contributed by atoms with van der Waals surface area (Å²) in [5, 5.41) is 3.52. The molecule has 0 saturated heterocycles. The average Bonchev–Trinajstić information content (AvgIpc) is 2.32. The Morgan fingerprint density at radius 3 is 2.72 bits per heavy atom. The van der Waals surface area contributed by atoms with Gasteiger partial charge in [0.2, 0.25) is 0 Å². The number of nitrogens with one attached hydrogen (secondary N) is 1. The topological polar surface area (TPSA) is 15.3 Å². The molecule has 0 aliphatic heterocycles. The van der Waals surface area contributed by atoms with Crippen LogP contribution in [-0.4, -0.2) is 31.1 Å². The van der Waals surface area contributed by atoms with Gasteiger partial charge in [0.15, 0.2) is 0 Å². The highest BCUT2D eigenvalue weighted by Crippen LogP contribution is 2.15. The van der Waals surface area contributed by atoms with E-state index in [0.717, 1.165) is 31.6 Å². The zero-order chi connectivity index (χ0) is 13.5. The van der Waals surface area contributed by atoms with Crippen LogP contribution in [0.15, 0.2) is 18.2 Å². The van der Waals surface area contributed by atoms with Crippen LogP contribution in [0.1, 0.15) is 25.8 Å². The van der Waals surface area contributed by atoms with Crippen molar-refractivity contribution < 1.29 is 4.39 Å². The highest BCUT2D eigenvalue weighted by Gasteiger charge is 2.02. The van der Waals surface area contributed by atoms with Crippen molar-refractivity contribution in [1.29, 1.82) is 0 Å². The molecule has 1 aromatic carbocycles. The van der Waals surface area contributed by atoms with Gasteiger partial charge in [-0.05, 0) is 58.1 Å². The Bertz CT molecular complexity index is 369. The van der Waals surface area contributed by atoms with Crippen LogP contribution in [0.4, 0.5) is 4.39 Å². The number of benzene rings is 1. The lowest BCUT2D eigenvalue weighted by Crippen LogP contribution is -2.29. The summed E-state index contributed by atoms with van der Waals surface area (Å²) >= 11 is 5.72. The normalized spacial score (nSPS) is 11.5. The van der Waals surface area contributed by atoms with E-state index in [1.807, 2.05) is 0 Å². The lowest BCUT2D eigenvalue weighted by Gasteiger charge is -2.20. The number of rotatable bonds is 7.